The monoisotopic (exact) mass is 463 g/mol. The van der Waals surface area contributed by atoms with E-state index in [0.717, 1.165) is 10.4 Å². The van der Waals surface area contributed by atoms with Crippen molar-refractivity contribution in [2.24, 2.45) is 11.8 Å². The molecule has 1 aromatic carbocycles. The van der Waals surface area contributed by atoms with Crippen LogP contribution in [0.3, 0.4) is 0 Å². The van der Waals surface area contributed by atoms with Gasteiger partial charge in [0.25, 0.3) is 0 Å². The van der Waals surface area contributed by atoms with E-state index < -0.39 is 60.5 Å². The van der Waals surface area contributed by atoms with Crippen molar-refractivity contribution >= 4 is 25.7 Å². The molecule has 4 atom stereocenters. The highest BCUT2D eigenvalue weighted by molar-refractivity contribution is 7.93. The number of alkyl halides is 3. The van der Waals surface area contributed by atoms with E-state index in [-0.39, 0.29) is 24.5 Å². The summed E-state index contributed by atoms with van der Waals surface area (Å²) in [6.45, 7) is 1.57. The molecule has 12 heteroatoms. The molecule has 30 heavy (non-hydrogen) atoms. The fourth-order valence-electron chi connectivity index (χ4n) is 5.14. The highest BCUT2D eigenvalue weighted by Gasteiger charge is 2.61. The second-order valence-corrected chi connectivity index (χ2v) is 12.1. The van der Waals surface area contributed by atoms with Crippen molar-refractivity contribution < 1.29 is 30.0 Å². The second-order valence-electron chi connectivity index (χ2n) is 7.92. The smallest absolute Gasteiger partial charge is 0.270 e. The molecule has 0 aromatic heterocycles. The quantitative estimate of drug-likeness (QED) is 0.684. The molecule has 164 valence electrons. The molecule has 3 heterocycles. The van der Waals surface area contributed by atoms with E-state index in [1.54, 1.807) is 0 Å². The minimum absolute atomic E-state index is 0.0763. The maximum atomic E-state index is 13.4. The molecule has 0 N–H and O–H groups in total. The Labute approximate surface area is 173 Å². The van der Waals surface area contributed by atoms with E-state index in [2.05, 4.69) is 0 Å². The lowest BCUT2D eigenvalue weighted by Crippen LogP contribution is -2.61. The van der Waals surface area contributed by atoms with Crippen molar-refractivity contribution in [1.82, 2.24) is 4.31 Å². The molecule has 1 saturated carbocycles. The number of nitrogens with zero attached hydrogens (tertiary/aromatic N) is 3. The summed E-state index contributed by atoms with van der Waals surface area (Å²) in [4.78, 5) is 0. The first-order chi connectivity index (χ1) is 13.9. The maximum Gasteiger partial charge on any atom is 0.417 e. The van der Waals surface area contributed by atoms with Gasteiger partial charge in [-0.1, -0.05) is 0 Å². The molecule has 1 aromatic rings. The zero-order valence-corrected chi connectivity index (χ0v) is 17.6. The number of halogens is 3. The van der Waals surface area contributed by atoms with Crippen LogP contribution in [-0.4, -0.2) is 51.3 Å². The van der Waals surface area contributed by atoms with Gasteiger partial charge in [-0.2, -0.15) is 22.7 Å². The number of sulfonamides is 2. The van der Waals surface area contributed by atoms with Crippen LogP contribution in [0.5, 0.6) is 0 Å². The van der Waals surface area contributed by atoms with Crippen molar-refractivity contribution in [3.05, 3.63) is 29.3 Å². The van der Waals surface area contributed by atoms with Gasteiger partial charge in [-0.3, -0.25) is 4.31 Å². The van der Waals surface area contributed by atoms with Gasteiger partial charge in [-0.25, -0.2) is 16.8 Å². The second kappa shape index (κ2) is 6.83. The van der Waals surface area contributed by atoms with Gasteiger partial charge in [0.2, 0.25) is 20.0 Å². The van der Waals surface area contributed by atoms with Crippen LogP contribution in [0.15, 0.2) is 18.2 Å². The van der Waals surface area contributed by atoms with Crippen LogP contribution in [0, 0.1) is 23.2 Å². The molecule has 0 unspecified atom stereocenters. The van der Waals surface area contributed by atoms with Crippen LogP contribution in [0.25, 0.3) is 0 Å². The Morgan fingerprint density at radius 3 is 2.53 bits per heavy atom. The SMILES string of the molecule is CCS(=O)(=O)N1C[C@H]2CC[C@@H]1[C@@H]1CN(c3ccc(C#N)c(C(F)(F)F)c3)S(=O)(=O)[C@H]21. The van der Waals surface area contributed by atoms with E-state index in [1.165, 1.54) is 23.4 Å². The third-order valence-corrected chi connectivity index (χ3v) is 10.7. The van der Waals surface area contributed by atoms with Crippen molar-refractivity contribution in [2.75, 3.05) is 23.1 Å². The summed E-state index contributed by atoms with van der Waals surface area (Å²) < 4.78 is 93.9. The van der Waals surface area contributed by atoms with E-state index in [1.807, 2.05) is 0 Å². The van der Waals surface area contributed by atoms with E-state index in [4.69, 9.17) is 5.26 Å². The third kappa shape index (κ3) is 3.09. The molecule has 2 bridgehead atoms. The summed E-state index contributed by atoms with van der Waals surface area (Å²) in [5, 5.41) is 8.16. The third-order valence-electron chi connectivity index (χ3n) is 6.47. The Morgan fingerprint density at radius 1 is 1.23 bits per heavy atom. The Balaban J connectivity index is 1.75. The standard InChI is InChI=1S/C18H20F3N3O4S2/c1-2-29(25,26)24-9-12-4-6-16(24)14-10-23(30(27,28)17(12)14)13-5-3-11(8-22)15(7-13)18(19,20)21/h3,5,7,12,14,16-17H,2,4,6,9-10H2,1H3/t12-,14+,16-,17-/m1/s1. The molecule has 5 rings (SSSR count). The summed E-state index contributed by atoms with van der Waals surface area (Å²) in [7, 11) is -7.48. The predicted molar refractivity (Wildman–Crippen MR) is 102 cm³/mol. The fraction of sp³-hybridized carbons (Fsp3) is 0.611. The van der Waals surface area contributed by atoms with Gasteiger partial charge < -0.3 is 0 Å². The highest BCUT2D eigenvalue weighted by Crippen LogP contribution is 2.50. The number of anilines is 1. The minimum atomic E-state index is -4.80. The first-order valence-corrected chi connectivity index (χ1v) is 12.7. The van der Waals surface area contributed by atoms with Crippen molar-refractivity contribution in [3.8, 4) is 6.07 Å². The topological polar surface area (TPSA) is 98.5 Å². The minimum Gasteiger partial charge on any atom is -0.270 e. The molecule has 0 radical (unpaired) electrons. The largest absolute Gasteiger partial charge is 0.417 e. The molecular formula is C18H20F3N3O4S2. The van der Waals surface area contributed by atoms with Gasteiger partial charge in [0.05, 0.1) is 33.9 Å². The lowest BCUT2D eigenvalue weighted by molar-refractivity contribution is -0.137. The molecule has 4 fully saturated rings. The lowest BCUT2D eigenvalue weighted by atomic mass is 9.73. The first-order valence-electron chi connectivity index (χ1n) is 9.54. The summed E-state index contributed by atoms with van der Waals surface area (Å²) in [6.07, 6.45) is -3.70. The van der Waals surface area contributed by atoms with E-state index in [0.29, 0.717) is 18.9 Å². The van der Waals surface area contributed by atoms with Gasteiger partial charge in [-0.05, 0) is 43.9 Å². The normalized spacial score (nSPS) is 30.8. The predicted octanol–water partition coefficient (Wildman–Crippen LogP) is 2.16. The van der Waals surface area contributed by atoms with Gasteiger partial charge >= 0.3 is 6.18 Å². The fourth-order valence-corrected chi connectivity index (χ4v) is 9.06. The van der Waals surface area contributed by atoms with Crippen molar-refractivity contribution in [3.63, 3.8) is 0 Å². The molecular weight excluding hydrogens is 443 g/mol. The van der Waals surface area contributed by atoms with Crippen LogP contribution >= 0.6 is 0 Å². The number of piperidine rings is 2. The molecule has 4 aliphatic rings. The number of rotatable bonds is 3. The Bertz CT molecular complexity index is 1130. The van der Waals surface area contributed by atoms with Gasteiger partial charge in [0.1, 0.15) is 0 Å². The Kier molecular flexibility index (Phi) is 4.87. The lowest BCUT2D eigenvalue weighted by Gasteiger charge is -2.49. The summed E-state index contributed by atoms with van der Waals surface area (Å²) in [5.41, 5.74) is -1.92. The average Bonchev–Trinajstić information content (AvgIpc) is 3.00. The Morgan fingerprint density at radius 2 is 1.93 bits per heavy atom. The number of hydrogen-bond donors (Lipinski definition) is 0. The molecule has 0 amide bonds. The molecule has 7 nitrogen and oxygen atoms in total. The van der Waals surface area contributed by atoms with Crippen LogP contribution < -0.4 is 4.31 Å². The summed E-state index contributed by atoms with van der Waals surface area (Å²) in [6, 6.07) is 3.86. The van der Waals surface area contributed by atoms with Crippen molar-refractivity contribution in [2.45, 2.75) is 37.2 Å². The van der Waals surface area contributed by atoms with E-state index >= 15 is 0 Å². The zero-order chi connectivity index (χ0) is 22.1. The van der Waals surface area contributed by atoms with Crippen LogP contribution in [0.2, 0.25) is 0 Å². The zero-order valence-electron chi connectivity index (χ0n) is 16.0. The Hall–Kier alpha value is -1.84. The van der Waals surface area contributed by atoms with Gasteiger partial charge in [-0.15, -0.1) is 0 Å². The number of nitriles is 1. The number of hydrogen-bond acceptors (Lipinski definition) is 5. The van der Waals surface area contributed by atoms with Crippen LogP contribution in [0.1, 0.15) is 30.9 Å². The molecule has 0 spiro atoms. The maximum absolute atomic E-state index is 13.4. The molecule has 1 aliphatic carbocycles. The van der Waals surface area contributed by atoms with Gasteiger partial charge in [0.15, 0.2) is 0 Å². The van der Waals surface area contributed by atoms with E-state index in [9.17, 15) is 30.0 Å². The summed E-state index contributed by atoms with van der Waals surface area (Å²) in [5.74, 6) is -0.986. The van der Waals surface area contributed by atoms with Crippen LogP contribution in [0.4, 0.5) is 18.9 Å². The molecule has 3 saturated heterocycles. The first kappa shape index (κ1) is 21.4. The molecule has 3 aliphatic heterocycles. The number of fused-ring (bicyclic) bond motifs is 2. The van der Waals surface area contributed by atoms with Gasteiger partial charge in [0, 0.05) is 25.0 Å². The number of benzene rings is 1. The summed E-state index contributed by atoms with van der Waals surface area (Å²) >= 11 is 0. The average molecular weight is 464 g/mol. The van der Waals surface area contributed by atoms with Crippen LogP contribution in [-0.2, 0) is 26.2 Å². The highest BCUT2D eigenvalue weighted by atomic mass is 32.2. The van der Waals surface area contributed by atoms with Crippen molar-refractivity contribution in [1.29, 1.82) is 5.26 Å².